The Morgan fingerprint density at radius 2 is 1.62 bits per heavy atom. The first-order valence-electron chi connectivity index (χ1n) is 8.29. The standard InChI is InChI=1S/C17H32N2O2/c1-15(2,3)17(7)20-14(19(21-17)16(4,5)6)18-13-11-9-8-10-12-13/h13H,8-12H2,1-7H3. The van der Waals surface area contributed by atoms with E-state index >= 15 is 0 Å². The van der Waals surface area contributed by atoms with E-state index < -0.39 is 5.79 Å². The molecule has 1 aliphatic heterocycles. The fourth-order valence-corrected chi connectivity index (χ4v) is 2.61. The fraction of sp³-hybridized carbons (Fsp3) is 0.941. The lowest BCUT2D eigenvalue weighted by Crippen LogP contribution is -2.45. The molecule has 4 heteroatoms. The molecule has 0 bridgehead atoms. The number of amidine groups is 1. The summed E-state index contributed by atoms with van der Waals surface area (Å²) in [4.78, 5) is 11.1. The highest BCUT2D eigenvalue weighted by Crippen LogP contribution is 2.42. The number of rotatable bonds is 1. The Morgan fingerprint density at radius 3 is 2.10 bits per heavy atom. The molecule has 0 spiro atoms. The van der Waals surface area contributed by atoms with Crippen molar-refractivity contribution in [1.29, 1.82) is 0 Å². The Bertz CT molecular complexity index is 400. The van der Waals surface area contributed by atoms with Crippen molar-refractivity contribution in [3.63, 3.8) is 0 Å². The first-order valence-corrected chi connectivity index (χ1v) is 8.29. The summed E-state index contributed by atoms with van der Waals surface area (Å²) in [7, 11) is 0. The SMILES string of the molecule is CC(C)(C)N1OC(C)(C(C)(C)C)OC1=NC1CCCCC1. The largest absolute Gasteiger partial charge is 0.429 e. The van der Waals surface area contributed by atoms with Gasteiger partial charge >= 0.3 is 6.02 Å². The highest BCUT2D eigenvalue weighted by molar-refractivity contribution is 5.75. The smallest absolute Gasteiger partial charge is 0.315 e. The molecule has 1 atom stereocenters. The molecular weight excluding hydrogens is 264 g/mol. The lowest BCUT2D eigenvalue weighted by molar-refractivity contribution is -0.288. The summed E-state index contributed by atoms with van der Waals surface area (Å²) in [5, 5.41) is 1.87. The summed E-state index contributed by atoms with van der Waals surface area (Å²) in [6.45, 7) is 14.8. The number of hydrogen-bond donors (Lipinski definition) is 0. The van der Waals surface area contributed by atoms with Crippen molar-refractivity contribution in [1.82, 2.24) is 5.06 Å². The maximum Gasteiger partial charge on any atom is 0.315 e. The second-order valence-corrected chi connectivity index (χ2v) is 8.56. The summed E-state index contributed by atoms with van der Waals surface area (Å²) in [5.41, 5.74) is -0.295. The van der Waals surface area contributed by atoms with Gasteiger partial charge < -0.3 is 4.74 Å². The molecule has 0 N–H and O–H groups in total. The van der Waals surface area contributed by atoms with Crippen LogP contribution in [0.3, 0.4) is 0 Å². The minimum atomic E-state index is -0.673. The van der Waals surface area contributed by atoms with Crippen molar-refractivity contribution in [3.8, 4) is 0 Å². The van der Waals surface area contributed by atoms with Crippen molar-refractivity contribution in [3.05, 3.63) is 0 Å². The third-order valence-corrected chi connectivity index (χ3v) is 4.56. The van der Waals surface area contributed by atoms with Crippen molar-refractivity contribution < 1.29 is 9.57 Å². The average Bonchev–Trinajstić information content (AvgIpc) is 2.68. The number of hydroxylamine groups is 2. The minimum absolute atomic E-state index is 0.125. The van der Waals surface area contributed by atoms with Crippen LogP contribution in [0.4, 0.5) is 0 Å². The van der Waals surface area contributed by atoms with Gasteiger partial charge in [-0.05, 0) is 33.6 Å². The van der Waals surface area contributed by atoms with E-state index in [1.165, 1.54) is 19.3 Å². The van der Waals surface area contributed by atoms with Crippen LogP contribution in [0.5, 0.6) is 0 Å². The van der Waals surface area contributed by atoms with Crippen LogP contribution in [-0.4, -0.2) is 28.5 Å². The summed E-state index contributed by atoms with van der Waals surface area (Å²) in [5.74, 6) is -0.673. The van der Waals surface area contributed by atoms with Crippen molar-refractivity contribution >= 4 is 6.02 Å². The fourth-order valence-electron chi connectivity index (χ4n) is 2.61. The Hall–Kier alpha value is -0.770. The zero-order chi connectivity index (χ0) is 15.9. The monoisotopic (exact) mass is 296 g/mol. The highest BCUT2D eigenvalue weighted by Gasteiger charge is 2.53. The van der Waals surface area contributed by atoms with Crippen LogP contribution in [0.15, 0.2) is 4.99 Å². The molecule has 2 aliphatic rings. The Morgan fingerprint density at radius 1 is 1.05 bits per heavy atom. The van der Waals surface area contributed by atoms with Crippen LogP contribution in [0.1, 0.15) is 80.6 Å². The van der Waals surface area contributed by atoms with E-state index in [1.54, 1.807) is 0 Å². The normalized spacial score (nSPS) is 30.8. The van der Waals surface area contributed by atoms with E-state index in [0.717, 1.165) is 12.8 Å². The van der Waals surface area contributed by atoms with Crippen LogP contribution >= 0.6 is 0 Å². The van der Waals surface area contributed by atoms with E-state index in [9.17, 15) is 0 Å². The Balaban J connectivity index is 2.26. The van der Waals surface area contributed by atoms with Crippen molar-refractivity contribution in [2.45, 2.75) is 97.9 Å². The lowest BCUT2D eigenvalue weighted by Gasteiger charge is -2.36. The lowest BCUT2D eigenvalue weighted by atomic mass is 9.87. The van der Waals surface area contributed by atoms with Gasteiger partial charge in [0.25, 0.3) is 0 Å². The summed E-state index contributed by atoms with van der Waals surface area (Å²) in [6, 6.07) is 1.04. The molecule has 1 saturated carbocycles. The van der Waals surface area contributed by atoms with Gasteiger partial charge in [0.1, 0.15) is 0 Å². The molecule has 2 fully saturated rings. The molecule has 2 rings (SSSR count). The Labute approximate surface area is 129 Å². The van der Waals surface area contributed by atoms with Gasteiger partial charge in [0.2, 0.25) is 5.79 Å². The molecule has 0 radical (unpaired) electrons. The number of hydrogen-bond acceptors (Lipinski definition) is 3. The predicted molar refractivity (Wildman–Crippen MR) is 85.9 cm³/mol. The van der Waals surface area contributed by atoms with Crippen LogP contribution in [0.25, 0.3) is 0 Å². The Kier molecular flexibility index (Phi) is 4.31. The first kappa shape index (κ1) is 16.6. The van der Waals surface area contributed by atoms with Gasteiger partial charge in [-0.1, -0.05) is 40.0 Å². The van der Waals surface area contributed by atoms with Gasteiger partial charge in [0, 0.05) is 12.3 Å². The summed E-state index contributed by atoms with van der Waals surface area (Å²) < 4.78 is 6.21. The average molecular weight is 296 g/mol. The molecule has 4 nitrogen and oxygen atoms in total. The van der Waals surface area contributed by atoms with E-state index in [4.69, 9.17) is 14.6 Å². The maximum absolute atomic E-state index is 6.21. The number of ether oxygens (including phenoxy) is 1. The molecule has 0 aromatic heterocycles. The second kappa shape index (κ2) is 5.45. The molecule has 0 aromatic rings. The zero-order valence-corrected chi connectivity index (χ0v) is 14.8. The van der Waals surface area contributed by atoms with E-state index in [-0.39, 0.29) is 11.0 Å². The molecule has 1 unspecified atom stereocenters. The number of aliphatic imine (C=N–C) groups is 1. The minimum Gasteiger partial charge on any atom is -0.429 e. The third-order valence-electron chi connectivity index (χ3n) is 4.56. The number of nitrogens with zero attached hydrogens (tertiary/aromatic N) is 2. The van der Waals surface area contributed by atoms with Gasteiger partial charge in [-0.15, -0.1) is 0 Å². The van der Waals surface area contributed by atoms with Crippen molar-refractivity contribution in [2.75, 3.05) is 0 Å². The summed E-state index contributed by atoms with van der Waals surface area (Å²) >= 11 is 0. The van der Waals surface area contributed by atoms with Crippen LogP contribution < -0.4 is 0 Å². The second-order valence-electron chi connectivity index (χ2n) is 8.56. The zero-order valence-electron chi connectivity index (χ0n) is 14.8. The first-order chi connectivity index (χ1) is 9.53. The van der Waals surface area contributed by atoms with E-state index in [0.29, 0.717) is 12.1 Å². The molecular formula is C17H32N2O2. The van der Waals surface area contributed by atoms with E-state index in [2.05, 4.69) is 41.5 Å². The quantitative estimate of drug-likeness (QED) is 0.714. The van der Waals surface area contributed by atoms with Gasteiger partial charge in [-0.2, -0.15) is 5.06 Å². The predicted octanol–water partition coefficient (Wildman–Crippen LogP) is 4.50. The molecule has 0 amide bonds. The molecule has 21 heavy (non-hydrogen) atoms. The third kappa shape index (κ3) is 3.53. The molecule has 1 aliphatic carbocycles. The van der Waals surface area contributed by atoms with Crippen LogP contribution in [-0.2, 0) is 9.57 Å². The van der Waals surface area contributed by atoms with Crippen LogP contribution in [0.2, 0.25) is 0 Å². The van der Waals surface area contributed by atoms with Crippen LogP contribution in [0, 0.1) is 5.41 Å². The van der Waals surface area contributed by atoms with Gasteiger partial charge in [0.05, 0.1) is 11.6 Å². The summed E-state index contributed by atoms with van der Waals surface area (Å²) in [6.07, 6.45) is 6.21. The molecule has 1 heterocycles. The van der Waals surface area contributed by atoms with Gasteiger partial charge in [-0.3, -0.25) is 0 Å². The highest BCUT2D eigenvalue weighted by atomic mass is 16.9. The van der Waals surface area contributed by atoms with Crippen molar-refractivity contribution in [2.24, 2.45) is 10.4 Å². The van der Waals surface area contributed by atoms with Gasteiger partial charge in [-0.25, -0.2) is 9.83 Å². The van der Waals surface area contributed by atoms with Gasteiger partial charge in [0.15, 0.2) is 0 Å². The molecule has 0 aromatic carbocycles. The maximum atomic E-state index is 6.21. The van der Waals surface area contributed by atoms with E-state index in [1.807, 2.05) is 12.0 Å². The topological polar surface area (TPSA) is 34.1 Å². The molecule has 122 valence electrons. The molecule has 1 saturated heterocycles.